The lowest BCUT2D eigenvalue weighted by atomic mass is 9.94. The van der Waals surface area contributed by atoms with E-state index < -0.39 is 11.7 Å². The standard InChI is InChI=1S/C13H20FNO3/c1-13(2,14)8-5-9(10(15)7-16)12(18-4)11(6-8)17-3/h5-6,10,16H,7,15H2,1-4H3. The van der Waals surface area contributed by atoms with Crippen LogP contribution in [0.15, 0.2) is 12.1 Å². The Balaban J connectivity index is 3.45. The highest BCUT2D eigenvalue weighted by atomic mass is 19.1. The van der Waals surface area contributed by atoms with Crippen LogP contribution in [0.1, 0.15) is 31.0 Å². The molecule has 0 saturated carbocycles. The number of halogens is 1. The number of ether oxygens (including phenoxy) is 2. The van der Waals surface area contributed by atoms with Crippen LogP contribution < -0.4 is 15.2 Å². The molecule has 1 aromatic carbocycles. The first kappa shape index (κ1) is 14.7. The summed E-state index contributed by atoms with van der Waals surface area (Å²) in [7, 11) is 2.95. The van der Waals surface area contributed by atoms with Crippen molar-refractivity contribution in [3.05, 3.63) is 23.3 Å². The molecule has 0 spiro atoms. The van der Waals surface area contributed by atoms with Crippen molar-refractivity contribution >= 4 is 0 Å². The van der Waals surface area contributed by atoms with Gasteiger partial charge in [0.25, 0.3) is 0 Å². The third-order valence-corrected chi connectivity index (χ3v) is 2.79. The summed E-state index contributed by atoms with van der Waals surface area (Å²) in [5.41, 5.74) is 5.23. The van der Waals surface area contributed by atoms with Gasteiger partial charge in [0, 0.05) is 5.56 Å². The van der Waals surface area contributed by atoms with Gasteiger partial charge in [-0.3, -0.25) is 0 Å². The molecule has 18 heavy (non-hydrogen) atoms. The van der Waals surface area contributed by atoms with Crippen LogP contribution in [0, 0.1) is 0 Å². The predicted octanol–water partition coefficient (Wildman–Crippen LogP) is 1.90. The van der Waals surface area contributed by atoms with Crippen molar-refractivity contribution in [2.45, 2.75) is 25.6 Å². The average Bonchev–Trinajstić information content (AvgIpc) is 2.34. The highest BCUT2D eigenvalue weighted by molar-refractivity contribution is 5.52. The fraction of sp³-hybridized carbons (Fsp3) is 0.538. The van der Waals surface area contributed by atoms with Gasteiger partial charge in [-0.25, -0.2) is 4.39 Å². The molecule has 0 amide bonds. The predicted molar refractivity (Wildman–Crippen MR) is 67.7 cm³/mol. The minimum absolute atomic E-state index is 0.254. The van der Waals surface area contributed by atoms with E-state index in [-0.39, 0.29) is 6.61 Å². The second-order valence-corrected chi connectivity index (χ2v) is 4.56. The zero-order valence-corrected chi connectivity index (χ0v) is 11.2. The van der Waals surface area contributed by atoms with Crippen molar-refractivity contribution < 1.29 is 19.0 Å². The first-order chi connectivity index (χ1) is 8.35. The van der Waals surface area contributed by atoms with Crippen LogP contribution >= 0.6 is 0 Å². The smallest absolute Gasteiger partial charge is 0.165 e. The molecule has 0 bridgehead atoms. The number of hydrogen-bond donors (Lipinski definition) is 2. The first-order valence-corrected chi connectivity index (χ1v) is 5.66. The van der Waals surface area contributed by atoms with Crippen molar-refractivity contribution in [3.63, 3.8) is 0 Å². The van der Waals surface area contributed by atoms with E-state index in [2.05, 4.69) is 0 Å². The maximum atomic E-state index is 14.0. The Morgan fingerprint density at radius 3 is 2.33 bits per heavy atom. The Kier molecular flexibility index (Phi) is 4.53. The number of benzene rings is 1. The van der Waals surface area contributed by atoms with Gasteiger partial charge in [0.1, 0.15) is 5.67 Å². The second kappa shape index (κ2) is 5.54. The van der Waals surface area contributed by atoms with E-state index in [1.165, 1.54) is 28.1 Å². The number of rotatable bonds is 5. The van der Waals surface area contributed by atoms with E-state index in [0.717, 1.165) is 0 Å². The summed E-state index contributed by atoms with van der Waals surface area (Å²) >= 11 is 0. The second-order valence-electron chi connectivity index (χ2n) is 4.56. The van der Waals surface area contributed by atoms with Gasteiger partial charge in [-0.05, 0) is 31.5 Å². The van der Waals surface area contributed by atoms with Crippen LogP contribution in [0.4, 0.5) is 4.39 Å². The molecule has 0 aliphatic carbocycles. The van der Waals surface area contributed by atoms with Crippen molar-refractivity contribution in [2.24, 2.45) is 5.73 Å². The third kappa shape index (κ3) is 2.91. The van der Waals surface area contributed by atoms with E-state index >= 15 is 0 Å². The Morgan fingerprint density at radius 2 is 1.94 bits per heavy atom. The molecule has 0 aromatic heterocycles. The number of nitrogens with two attached hydrogens (primary N) is 1. The van der Waals surface area contributed by atoms with E-state index in [1.807, 2.05) is 0 Å². The molecule has 4 nitrogen and oxygen atoms in total. The first-order valence-electron chi connectivity index (χ1n) is 5.66. The van der Waals surface area contributed by atoms with Gasteiger partial charge >= 0.3 is 0 Å². The Hall–Kier alpha value is -1.33. The summed E-state index contributed by atoms with van der Waals surface area (Å²) in [5, 5.41) is 9.15. The van der Waals surface area contributed by atoms with E-state index in [0.29, 0.717) is 22.6 Å². The summed E-state index contributed by atoms with van der Waals surface area (Å²) in [4.78, 5) is 0. The van der Waals surface area contributed by atoms with Gasteiger partial charge in [0.15, 0.2) is 11.5 Å². The number of hydrogen-bond acceptors (Lipinski definition) is 4. The van der Waals surface area contributed by atoms with Crippen LogP contribution in [0.5, 0.6) is 11.5 Å². The Morgan fingerprint density at radius 1 is 1.33 bits per heavy atom. The average molecular weight is 257 g/mol. The van der Waals surface area contributed by atoms with Gasteiger partial charge in [-0.15, -0.1) is 0 Å². The van der Waals surface area contributed by atoms with E-state index in [4.69, 9.17) is 20.3 Å². The summed E-state index contributed by atoms with van der Waals surface area (Å²) in [6.07, 6.45) is 0. The molecule has 1 rings (SSSR count). The zero-order chi connectivity index (χ0) is 13.9. The molecule has 0 radical (unpaired) electrons. The quantitative estimate of drug-likeness (QED) is 0.845. The number of aliphatic hydroxyl groups is 1. The fourth-order valence-electron chi connectivity index (χ4n) is 1.71. The molecule has 0 heterocycles. The van der Waals surface area contributed by atoms with Crippen LogP contribution in [-0.4, -0.2) is 25.9 Å². The van der Waals surface area contributed by atoms with Crippen LogP contribution in [0.3, 0.4) is 0 Å². The van der Waals surface area contributed by atoms with Gasteiger partial charge in [0.2, 0.25) is 0 Å². The molecule has 0 aliphatic heterocycles. The maximum Gasteiger partial charge on any atom is 0.165 e. The van der Waals surface area contributed by atoms with E-state index in [1.54, 1.807) is 12.1 Å². The number of aliphatic hydroxyl groups excluding tert-OH is 1. The third-order valence-electron chi connectivity index (χ3n) is 2.79. The van der Waals surface area contributed by atoms with Crippen LogP contribution in [-0.2, 0) is 5.67 Å². The maximum absolute atomic E-state index is 14.0. The molecule has 3 N–H and O–H groups in total. The molecular formula is C13H20FNO3. The van der Waals surface area contributed by atoms with Crippen molar-refractivity contribution in [1.29, 1.82) is 0 Å². The van der Waals surface area contributed by atoms with Crippen LogP contribution in [0.25, 0.3) is 0 Å². The molecule has 0 saturated heterocycles. The lowest BCUT2D eigenvalue weighted by Gasteiger charge is -2.22. The topological polar surface area (TPSA) is 64.7 Å². The fourth-order valence-corrected chi connectivity index (χ4v) is 1.71. The molecule has 1 aromatic rings. The molecule has 0 fully saturated rings. The molecule has 1 atom stereocenters. The van der Waals surface area contributed by atoms with Gasteiger partial charge < -0.3 is 20.3 Å². The van der Waals surface area contributed by atoms with Crippen LogP contribution in [0.2, 0.25) is 0 Å². The summed E-state index contributed by atoms with van der Waals surface area (Å²) < 4.78 is 24.4. The van der Waals surface area contributed by atoms with Crippen molar-refractivity contribution in [3.8, 4) is 11.5 Å². The van der Waals surface area contributed by atoms with Gasteiger partial charge in [0.05, 0.1) is 26.9 Å². The lowest BCUT2D eigenvalue weighted by molar-refractivity contribution is 0.219. The number of alkyl halides is 1. The normalized spacial score (nSPS) is 13.3. The highest BCUT2D eigenvalue weighted by Crippen LogP contribution is 2.39. The SMILES string of the molecule is COc1cc(C(C)(C)F)cc(C(N)CO)c1OC. The molecule has 1 unspecified atom stereocenters. The largest absolute Gasteiger partial charge is 0.493 e. The molecule has 0 aliphatic rings. The molecular weight excluding hydrogens is 237 g/mol. The summed E-state index contributed by atoms with van der Waals surface area (Å²) in [6.45, 7) is 2.64. The van der Waals surface area contributed by atoms with Crippen molar-refractivity contribution in [2.75, 3.05) is 20.8 Å². The van der Waals surface area contributed by atoms with Gasteiger partial charge in [-0.1, -0.05) is 0 Å². The Labute approximate surface area is 107 Å². The summed E-state index contributed by atoms with van der Waals surface area (Å²) in [5.74, 6) is 0.826. The number of methoxy groups -OCH3 is 2. The molecule has 102 valence electrons. The van der Waals surface area contributed by atoms with Gasteiger partial charge in [-0.2, -0.15) is 0 Å². The minimum Gasteiger partial charge on any atom is -0.493 e. The monoisotopic (exact) mass is 257 g/mol. The van der Waals surface area contributed by atoms with Crippen molar-refractivity contribution in [1.82, 2.24) is 0 Å². The summed E-state index contributed by atoms with van der Waals surface area (Å²) in [6, 6.07) is 2.53. The Bertz CT molecular complexity index is 415. The molecule has 5 heteroatoms. The minimum atomic E-state index is -1.52. The highest BCUT2D eigenvalue weighted by Gasteiger charge is 2.25. The van der Waals surface area contributed by atoms with E-state index in [9.17, 15) is 4.39 Å². The zero-order valence-electron chi connectivity index (χ0n) is 11.2. The lowest BCUT2D eigenvalue weighted by Crippen LogP contribution is -2.18.